The molecule has 0 spiro atoms. The fourth-order valence-corrected chi connectivity index (χ4v) is 1.91. The highest BCUT2D eigenvalue weighted by Crippen LogP contribution is 2.09. The minimum absolute atomic E-state index is 0.0779. The van der Waals surface area contributed by atoms with E-state index in [4.69, 9.17) is 4.74 Å². The van der Waals surface area contributed by atoms with Gasteiger partial charge in [0.15, 0.2) is 0 Å². The van der Waals surface area contributed by atoms with Crippen molar-refractivity contribution in [1.29, 1.82) is 0 Å². The van der Waals surface area contributed by atoms with Crippen LogP contribution in [0.5, 0.6) is 0 Å². The third-order valence-corrected chi connectivity index (χ3v) is 3.35. The topological polar surface area (TPSA) is 46.5 Å². The highest BCUT2D eigenvalue weighted by Gasteiger charge is 2.10. The molecule has 0 aliphatic carbocycles. The number of rotatable bonds is 7. The smallest absolute Gasteiger partial charge is 0.338 e. The van der Waals surface area contributed by atoms with E-state index in [1.165, 1.54) is 0 Å². The van der Waals surface area contributed by atoms with Gasteiger partial charge in [-0.3, -0.25) is 0 Å². The SMILES string of the molecule is CCCCC[C@H](O)COC(=O)c1ccc(I)cc1. The van der Waals surface area contributed by atoms with Crippen LogP contribution in [0.25, 0.3) is 0 Å². The molecule has 1 N–H and O–H groups in total. The molecular formula is C14H19IO3. The summed E-state index contributed by atoms with van der Waals surface area (Å²) in [7, 11) is 0. The average molecular weight is 362 g/mol. The molecule has 0 amide bonds. The van der Waals surface area contributed by atoms with E-state index in [2.05, 4.69) is 29.5 Å². The Balaban J connectivity index is 2.30. The van der Waals surface area contributed by atoms with Crippen LogP contribution in [-0.2, 0) is 4.74 Å². The largest absolute Gasteiger partial charge is 0.459 e. The molecule has 0 radical (unpaired) electrons. The third-order valence-electron chi connectivity index (χ3n) is 2.63. The lowest BCUT2D eigenvalue weighted by Gasteiger charge is -2.11. The first-order valence-corrected chi connectivity index (χ1v) is 7.32. The lowest BCUT2D eigenvalue weighted by Crippen LogP contribution is -2.18. The van der Waals surface area contributed by atoms with Gasteiger partial charge in [-0.1, -0.05) is 26.2 Å². The summed E-state index contributed by atoms with van der Waals surface area (Å²) >= 11 is 2.18. The number of aliphatic hydroxyl groups is 1. The van der Waals surface area contributed by atoms with Crippen LogP contribution in [-0.4, -0.2) is 23.8 Å². The van der Waals surface area contributed by atoms with Gasteiger partial charge in [-0.05, 0) is 53.3 Å². The van der Waals surface area contributed by atoms with Crippen molar-refractivity contribution in [2.45, 2.75) is 38.7 Å². The molecule has 0 fully saturated rings. The molecule has 0 aromatic heterocycles. The highest BCUT2D eigenvalue weighted by atomic mass is 127. The summed E-state index contributed by atoms with van der Waals surface area (Å²) in [5.74, 6) is -0.374. The third kappa shape index (κ3) is 5.82. The van der Waals surface area contributed by atoms with Crippen molar-refractivity contribution < 1.29 is 14.6 Å². The van der Waals surface area contributed by atoms with Gasteiger partial charge in [-0.25, -0.2) is 4.79 Å². The van der Waals surface area contributed by atoms with Crippen LogP contribution in [0.3, 0.4) is 0 Å². The lowest BCUT2D eigenvalue weighted by atomic mass is 10.1. The average Bonchev–Trinajstić information content (AvgIpc) is 2.37. The maximum atomic E-state index is 11.7. The molecule has 1 aromatic rings. The molecule has 0 saturated heterocycles. The number of halogens is 1. The van der Waals surface area contributed by atoms with E-state index in [1.54, 1.807) is 12.1 Å². The van der Waals surface area contributed by atoms with Crippen molar-refractivity contribution in [3.8, 4) is 0 Å². The Morgan fingerprint density at radius 1 is 1.33 bits per heavy atom. The van der Waals surface area contributed by atoms with Crippen molar-refractivity contribution in [2.75, 3.05) is 6.61 Å². The van der Waals surface area contributed by atoms with Crippen molar-refractivity contribution >= 4 is 28.6 Å². The molecule has 0 heterocycles. The van der Waals surface area contributed by atoms with E-state index in [0.717, 1.165) is 22.8 Å². The number of aliphatic hydroxyl groups excluding tert-OH is 1. The predicted molar refractivity (Wildman–Crippen MR) is 79.6 cm³/mol. The van der Waals surface area contributed by atoms with Crippen LogP contribution < -0.4 is 0 Å². The van der Waals surface area contributed by atoms with Gasteiger partial charge in [-0.15, -0.1) is 0 Å². The molecule has 100 valence electrons. The first-order valence-electron chi connectivity index (χ1n) is 6.24. The van der Waals surface area contributed by atoms with Crippen LogP contribution in [0, 0.1) is 3.57 Å². The molecule has 3 nitrogen and oxygen atoms in total. The minimum Gasteiger partial charge on any atom is -0.459 e. The molecule has 0 bridgehead atoms. The Labute approximate surface area is 122 Å². The monoisotopic (exact) mass is 362 g/mol. The van der Waals surface area contributed by atoms with Crippen LogP contribution in [0.4, 0.5) is 0 Å². The van der Waals surface area contributed by atoms with Crippen LogP contribution in [0.15, 0.2) is 24.3 Å². The summed E-state index contributed by atoms with van der Waals surface area (Å²) in [5, 5.41) is 9.64. The van der Waals surface area contributed by atoms with E-state index in [0.29, 0.717) is 12.0 Å². The minimum atomic E-state index is -0.552. The van der Waals surface area contributed by atoms with Gasteiger partial charge in [0.2, 0.25) is 0 Å². The van der Waals surface area contributed by atoms with Crippen LogP contribution in [0.1, 0.15) is 43.0 Å². The molecule has 1 rings (SSSR count). The fraction of sp³-hybridized carbons (Fsp3) is 0.500. The van der Waals surface area contributed by atoms with Crippen LogP contribution >= 0.6 is 22.6 Å². The standard InChI is InChI=1S/C14H19IO3/c1-2-3-4-5-13(16)10-18-14(17)11-6-8-12(15)9-7-11/h6-9,13,16H,2-5,10H2,1H3/t13-/m0/s1. The van der Waals surface area contributed by atoms with E-state index in [9.17, 15) is 9.90 Å². The summed E-state index contributed by atoms with van der Waals surface area (Å²) in [4.78, 5) is 11.7. The van der Waals surface area contributed by atoms with E-state index < -0.39 is 6.10 Å². The Morgan fingerprint density at radius 2 is 2.00 bits per heavy atom. The van der Waals surface area contributed by atoms with Gasteiger partial charge < -0.3 is 9.84 Å². The zero-order valence-electron chi connectivity index (χ0n) is 10.6. The maximum absolute atomic E-state index is 11.7. The van der Waals surface area contributed by atoms with Gasteiger partial charge in [0.25, 0.3) is 0 Å². The second kappa shape index (κ2) is 8.48. The summed E-state index contributed by atoms with van der Waals surface area (Å²) in [6.07, 6.45) is 3.33. The van der Waals surface area contributed by atoms with Crippen molar-refractivity contribution in [3.63, 3.8) is 0 Å². The maximum Gasteiger partial charge on any atom is 0.338 e. The Morgan fingerprint density at radius 3 is 2.61 bits per heavy atom. The number of unbranched alkanes of at least 4 members (excludes halogenated alkanes) is 2. The highest BCUT2D eigenvalue weighted by molar-refractivity contribution is 14.1. The second-order valence-corrected chi connectivity index (χ2v) is 5.50. The summed E-state index contributed by atoms with van der Waals surface area (Å²) in [5.41, 5.74) is 0.524. The van der Waals surface area contributed by atoms with Gasteiger partial charge in [-0.2, -0.15) is 0 Å². The molecule has 18 heavy (non-hydrogen) atoms. The van der Waals surface area contributed by atoms with E-state index in [1.807, 2.05) is 12.1 Å². The second-order valence-electron chi connectivity index (χ2n) is 4.25. The first kappa shape index (κ1) is 15.4. The van der Waals surface area contributed by atoms with Gasteiger partial charge >= 0.3 is 5.97 Å². The quantitative estimate of drug-likeness (QED) is 0.460. The van der Waals surface area contributed by atoms with Gasteiger partial charge in [0.1, 0.15) is 6.61 Å². The number of carbonyl (C=O) groups excluding carboxylic acids is 1. The molecule has 0 aliphatic heterocycles. The Bertz CT molecular complexity index is 362. The normalized spacial score (nSPS) is 12.2. The summed E-state index contributed by atoms with van der Waals surface area (Å²) < 4.78 is 6.14. The van der Waals surface area contributed by atoms with E-state index in [-0.39, 0.29) is 12.6 Å². The van der Waals surface area contributed by atoms with Gasteiger partial charge in [0, 0.05) is 3.57 Å². The van der Waals surface area contributed by atoms with Crippen molar-refractivity contribution in [1.82, 2.24) is 0 Å². The summed E-state index contributed by atoms with van der Waals surface area (Å²) in [6.45, 7) is 2.19. The molecule has 0 unspecified atom stereocenters. The molecule has 1 atom stereocenters. The Hall–Kier alpha value is -0.620. The van der Waals surface area contributed by atoms with Gasteiger partial charge in [0.05, 0.1) is 11.7 Å². The number of hydrogen-bond donors (Lipinski definition) is 1. The lowest BCUT2D eigenvalue weighted by molar-refractivity contribution is 0.0233. The molecule has 0 aliphatic rings. The van der Waals surface area contributed by atoms with E-state index >= 15 is 0 Å². The number of ether oxygens (including phenoxy) is 1. The molecular weight excluding hydrogens is 343 g/mol. The summed E-state index contributed by atoms with van der Waals surface area (Å²) in [6, 6.07) is 7.17. The predicted octanol–water partition coefficient (Wildman–Crippen LogP) is 3.39. The zero-order chi connectivity index (χ0) is 13.4. The van der Waals surface area contributed by atoms with Crippen LogP contribution in [0.2, 0.25) is 0 Å². The first-order chi connectivity index (χ1) is 8.63. The molecule has 1 aromatic carbocycles. The van der Waals surface area contributed by atoms with Crippen molar-refractivity contribution in [2.24, 2.45) is 0 Å². The zero-order valence-corrected chi connectivity index (χ0v) is 12.7. The fourth-order valence-electron chi connectivity index (χ4n) is 1.55. The number of carbonyl (C=O) groups is 1. The number of esters is 1. The molecule has 4 heteroatoms. The van der Waals surface area contributed by atoms with Crippen molar-refractivity contribution in [3.05, 3.63) is 33.4 Å². The number of hydrogen-bond acceptors (Lipinski definition) is 3. The number of benzene rings is 1. The molecule has 0 saturated carbocycles. The Kier molecular flexibility index (Phi) is 7.27.